The molecule has 3 aromatic rings. The van der Waals surface area contributed by atoms with E-state index >= 15 is 0 Å². The van der Waals surface area contributed by atoms with Crippen molar-refractivity contribution in [2.45, 2.75) is 18.0 Å². The summed E-state index contributed by atoms with van der Waals surface area (Å²) in [5.74, 6) is -0.818. The minimum absolute atomic E-state index is 0.168. The highest BCUT2D eigenvalue weighted by Gasteiger charge is 2.33. The maximum absolute atomic E-state index is 13.2. The highest BCUT2D eigenvalue weighted by Crippen LogP contribution is 2.33. The monoisotopic (exact) mass is 601 g/mol. The average Bonchev–Trinajstić information content (AvgIpc) is 2.81. The van der Waals surface area contributed by atoms with Gasteiger partial charge in [-0.05, 0) is 77.5 Å². The van der Waals surface area contributed by atoms with Crippen molar-refractivity contribution in [3.63, 3.8) is 0 Å². The van der Waals surface area contributed by atoms with Gasteiger partial charge >= 0.3 is 6.18 Å². The summed E-state index contributed by atoms with van der Waals surface area (Å²) in [6.07, 6.45) is -4.69. The SMILES string of the molecule is C/C(=N/NC(=O)CN(c1cccc(C(F)(F)F)c1)S(=O)(=O)c1ccccc1)c1ccc(I)cc1. The van der Waals surface area contributed by atoms with E-state index in [1.807, 2.05) is 24.3 Å². The third kappa shape index (κ3) is 6.35. The molecule has 0 aliphatic carbocycles. The number of alkyl halides is 3. The molecule has 6 nitrogen and oxygen atoms in total. The zero-order valence-electron chi connectivity index (χ0n) is 17.8. The highest BCUT2D eigenvalue weighted by atomic mass is 127. The third-order valence-corrected chi connectivity index (χ3v) is 7.20. The van der Waals surface area contributed by atoms with Gasteiger partial charge in [0.2, 0.25) is 0 Å². The fraction of sp³-hybridized carbons (Fsp3) is 0.130. The maximum atomic E-state index is 13.2. The van der Waals surface area contributed by atoms with Crippen LogP contribution in [0, 0.1) is 3.57 Å². The molecule has 0 aliphatic heterocycles. The number of benzene rings is 3. The van der Waals surface area contributed by atoms with Crippen molar-refractivity contribution < 1.29 is 26.4 Å². The number of hydrazone groups is 1. The molecule has 0 spiro atoms. The van der Waals surface area contributed by atoms with Gasteiger partial charge < -0.3 is 0 Å². The standard InChI is InChI=1S/C23H19F3IN3O3S/c1-16(17-10-12-19(27)13-11-17)28-29-22(31)15-30(34(32,33)21-8-3-2-4-9-21)20-7-5-6-18(14-20)23(24,25)26/h2-14H,15H2,1H3,(H,29,31)/b28-16-. The fourth-order valence-electron chi connectivity index (χ4n) is 2.94. The van der Waals surface area contributed by atoms with Crippen LogP contribution < -0.4 is 9.73 Å². The molecule has 3 aromatic carbocycles. The highest BCUT2D eigenvalue weighted by molar-refractivity contribution is 14.1. The molecule has 0 radical (unpaired) electrons. The normalized spacial score (nSPS) is 12.3. The largest absolute Gasteiger partial charge is 0.416 e. The van der Waals surface area contributed by atoms with Gasteiger partial charge in [0.1, 0.15) is 6.54 Å². The fourth-order valence-corrected chi connectivity index (χ4v) is 4.73. The zero-order valence-corrected chi connectivity index (χ0v) is 20.7. The lowest BCUT2D eigenvalue weighted by atomic mass is 10.1. The second-order valence-corrected chi connectivity index (χ2v) is 10.2. The van der Waals surface area contributed by atoms with Crippen molar-refractivity contribution in [1.82, 2.24) is 5.43 Å². The Kier molecular flexibility index (Phi) is 7.97. The van der Waals surface area contributed by atoms with E-state index < -0.39 is 34.2 Å². The van der Waals surface area contributed by atoms with Crippen LogP contribution in [-0.4, -0.2) is 26.6 Å². The van der Waals surface area contributed by atoms with Crippen LogP contribution in [0.25, 0.3) is 0 Å². The first-order valence-corrected chi connectivity index (χ1v) is 12.3. The predicted octanol–water partition coefficient (Wildman–Crippen LogP) is 5.05. The van der Waals surface area contributed by atoms with Crippen molar-refractivity contribution in [3.8, 4) is 0 Å². The first-order chi connectivity index (χ1) is 16.0. The van der Waals surface area contributed by atoms with Gasteiger partial charge in [-0.3, -0.25) is 9.10 Å². The number of amides is 1. The van der Waals surface area contributed by atoms with Crippen molar-refractivity contribution >= 4 is 49.9 Å². The number of hydrogen-bond donors (Lipinski definition) is 1. The molecular weight excluding hydrogens is 582 g/mol. The van der Waals surface area contributed by atoms with E-state index in [1.54, 1.807) is 13.0 Å². The van der Waals surface area contributed by atoms with Gasteiger partial charge in [-0.1, -0.05) is 36.4 Å². The summed E-state index contributed by atoms with van der Waals surface area (Å²) in [6.45, 7) is 0.885. The Morgan fingerprint density at radius 2 is 1.65 bits per heavy atom. The Hall–Kier alpha value is -2.93. The molecule has 0 fully saturated rings. The summed E-state index contributed by atoms with van der Waals surface area (Å²) < 4.78 is 67.9. The second kappa shape index (κ2) is 10.6. The number of hydrogen-bond acceptors (Lipinski definition) is 4. The lowest BCUT2D eigenvalue weighted by Gasteiger charge is -2.24. The first kappa shape index (κ1) is 25.7. The molecule has 0 saturated carbocycles. The van der Waals surface area contributed by atoms with E-state index in [9.17, 15) is 26.4 Å². The molecule has 0 unspecified atom stereocenters. The van der Waals surface area contributed by atoms with Gasteiger partial charge in [0, 0.05) is 3.57 Å². The Labute approximate surface area is 208 Å². The Balaban J connectivity index is 1.92. The molecule has 1 amide bonds. The zero-order chi connectivity index (χ0) is 24.9. The molecule has 0 bridgehead atoms. The Morgan fingerprint density at radius 3 is 2.26 bits per heavy atom. The minimum Gasteiger partial charge on any atom is -0.271 e. The molecule has 34 heavy (non-hydrogen) atoms. The summed E-state index contributed by atoms with van der Waals surface area (Å²) in [6, 6.07) is 18.3. The lowest BCUT2D eigenvalue weighted by Crippen LogP contribution is -2.39. The van der Waals surface area contributed by atoms with Gasteiger partial charge in [0.25, 0.3) is 15.9 Å². The Bertz CT molecular complexity index is 1300. The molecule has 11 heteroatoms. The van der Waals surface area contributed by atoms with E-state index in [-0.39, 0.29) is 10.6 Å². The van der Waals surface area contributed by atoms with E-state index in [4.69, 9.17) is 0 Å². The lowest BCUT2D eigenvalue weighted by molar-refractivity contribution is -0.137. The molecular formula is C23H19F3IN3O3S. The summed E-state index contributed by atoms with van der Waals surface area (Å²) >= 11 is 2.15. The third-order valence-electron chi connectivity index (χ3n) is 4.69. The van der Waals surface area contributed by atoms with Gasteiger partial charge in [-0.2, -0.15) is 18.3 Å². The first-order valence-electron chi connectivity index (χ1n) is 9.82. The molecule has 0 atom stereocenters. The summed E-state index contributed by atoms with van der Waals surface area (Å²) in [4.78, 5) is 12.5. The van der Waals surface area contributed by atoms with Crippen LogP contribution in [0.5, 0.6) is 0 Å². The quantitative estimate of drug-likeness (QED) is 0.234. The van der Waals surface area contributed by atoms with E-state index in [2.05, 4.69) is 33.1 Å². The molecule has 1 N–H and O–H groups in total. The van der Waals surface area contributed by atoms with Crippen LogP contribution in [0.3, 0.4) is 0 Å². The van der Waals surface area contributed by atoms with Gasteiger partial charge in [-0.25, -0.2) is 13.8 Å². The Morgan fingerprint density at radius 1 is 1.00 bits per heavy atom. The molecule has 0 saturated heterocycles. The van der Waals surface area contributed by atoms with Crippen molar-refractivity contribution in [2.24, 2.45) is 5.10 Å². The summed E-state index contributed by atoms with van der Waals surface area (Å²) in [7, 11) is -4.35. The minimum atomic E-state index is -4.69. The van der Waals surface area contributed by atoms with Gasteiger partial charge in [0.05, 0.1) is 21.9 Å². The summed E-state index contributed by atoms with van der Waals surface area (Å²) in [5, 5.41) is 4.00. The van der Waals surface area contributed by atoms with Crippen LogP contribution >= 0.6 is 22.6 Å². The number of carbonyl (C=O) groups excluding carboxylic acids is 1. The molecule has 0 heterocycles. The second-order valence-electron chi connectivity index (χ2n) is 7.11. The summed E-state index contributed by atoms with van der Waals surface area (Å²) in [5.41, 5.74) is 2.16. The smallest absolute Gasteiger partial charge is 0.271 e. The van der Waals surface area contributed by atoms with Crippen LogP contribution in [-0.2, 0) is 21.0 Å². The molecule has 0 aliphatic rings. The van der Waals surface area contributed by atoms with E-state index in [0.29, 0.717) is 16.1 Å². The number of sulfonamides is 1. The van der Waals surface area contributed by atoms with Crippen LogP contribution in [0.4, 0.5) is 18.9 Å². The molecule has 3 rings (SSSR count). The average molecular weight is 601 g/mol. The van der Waals surface area contributed by atoms with Crippen LogP contribution in [0.2, 0.25) is 0 Å². The maximum Gasteiger partial charge on any atom is 0.416 e. The number of halogens is 4. The van der Waals surface area contributed by atoms with Crippen LogP contribution in [0.15, 0.2) is 88.9 Å². The van der Waals surface area contributed by atoms with Crippen LogP contribution in [0.1, 0.15) is 18.1 Å². The van der Waals surface area contributed by atoms with Crippen molar-refractivity contribution in [2.75, 3.05) is 10.8 Å². The van der Waals surface area contributed by atoms with Crippen molar-refractivity contribution in [3.05, 3.63) is 93.6 Å². The number of carbonyl (C=O) groups is 1. The van der Waals surface area contributed by atoms with E-state index in [1.165, 1.54) is 30.3 Å². The van der Waals surface area contributed by atoms with Gasteiger partial charge in [-0.15, -0.1) is 0 Å². The number of rotatable bonds is 7. The number of nitrogens with zero attached hydrogens (tertiary/aromatic N) is 2. The number of nitrogens with one attached hydrogen (secondary N) is 1. The van der Waals surface area contributed by atoms with Crippen molar-refractivity contribution in [1.29, 1.82) is 0 Å². The number of anilines is 1. The van der Waals surface area contributed by atoms with Gasteiger partial charge in [0.15, 0.2) is 0 Å². The molecule has 0 aromatic heterocycles. The topological polar surface area (TPSA) is 78.8 Å². The molecule has 178 valence electrons. The predicted molar refractivity (Wildman–Crippen MR) is 132 cm³/mol. The van der Waals surface area contributed by atoms with E-state index in [0.717, 1.165) is 21.3 Å².